The van der Waals surface area contributed by atoms with Crippen LogP contribution in [0.4, 0.5) is 0 Å². The first-order valence-electron chi connectivity index (χ1n) is 3.16. The van der Waals surface area contributed by atoms with Crippen molar-refractivity contribution >= 4 is 12.6 Å². The Morgan fingerprint density at radius 3 is 2.62 bits per heavy atom. The van der Waals surface area contributed by atoms with Gasteiger partial charge in [-0.25, -0.2) is 0 Å². The number of hydrogen-bond donors (Lipinski definition) is 2. The molecule has 0 aromatic rings. The fourth-order valence-electron chi connectivity index (χ4n) is 0.488. The smallest absolute Gasteiger partial charge is 0.0113 e. The van der Waals surface area contributed by atoms with Gasteiger partial charge in [0, 0.05) is 11.8 Å². The summed E-state index contributed by atoms with van der Waals surface area (Å²) in [6.07, 6.45) is 1.21. The van der Waals surface area contributed by atoms with Crippen molar-refractivity contribution in [3.8, 4) is 0 Å². The van der Waals surface area contributed by atoms with Crippen LogP contribution < -0.4 is 5.32 Å². The predicted octanol–water partition coefficient (Wildman–Crippen LogP) is 1.30. The van der Waals surface area contributed by atoms with Gasteiger partial charge in [0.05, 0.1) is 0 Å². The molecule has 0 aliphatic carbocycles. The van der Waals surface area contributed by atoms with Crippen LogP contribution in [0.25, 0.3) is 0 Å². The highest BCUT2D eigenvalue weighted by molar-refractivity contribution is 7.80. The Morgan fingerprint density at radius 1 is 1.62 bits per heavy atom. The van der Waals surface area contributed by atoms with E-state index in [1.165, 1.54) is 6.42 Å². The molecule has 0 radical (unpaired) electrons. The van der Waals surface area contributed by atoms with Crippen LogP contribution in [-0.4, -0.2) is 18.3 Å². The molecule has 2 heteroatoms. The Morgan fingerprint density at radius 2 is 2.25 bits per heavy atom. The summed E-state index contributed by atoms with van der Waals surface area (Å²) in [5.74, 6) is 0. The van der Waals surface area contributed by atoms with Crippen molar-refractivity contribution in [3.63, 3.8) is 0 Å². The van der Waals surface area contributed by atoms with E-state index in [0.717, 1.165) is 13.1 Å². The quantitative estimate of drug-likeness (QED) is 0.435. The minimum absolute atomic E-state index is 0.488. The molecule has 0 heterocycles. The number of rotatable bonds is 4. The zero-order chi connectivity index (χ0) is 6.41. The lowest BCUT2D eigenvalue weighted by Crippen LogP contribution is -2.21. The number of nitrogens with one attached hydrogen (secondary N) is 1. The van der Waals surface area contributed by atoms with Crippen LogP contribution in [-0.2, 0) is 0 Å². The van der Waals surface area contributed by atoms with E-state index >= 15 is 0 Å². The molecule has 0 aliphatic rings. The Balaban J connectivity index is 2.72. The second kappa shape index (κ2) is 5.45. The number of hydrogen-bond acceptors (Lipinski definition) is 2. The normalized spacial score (nSPS) is 13.9. The molecule has 1 atom stereocenters. The summed E-state index contributed by atoms with van der Waals surface area (Å²) in [4.78, 5) is 0. The molecule has 0 saturated heterocycles. The monoisotopic (exact) mass is 133 g/mol. The van der Waals surface area contributed by atoms with Crippen LogP contribution >= 0.6 is 12.6 Å². The molecule has 0 aromatic carbocycles. The second-order valence-corrected chi connectivity index (χ2v) is 2.93. The van der Waals surface area contributed by atoms with Gasteiger partial charge in [0.1, 0.15) is 0 Å². The van der Waals surface area contributed by atoms with E-state index in [4.69, 9.17) is 0 Å². The van der Waals surface area contributed by atoms with Gasteiger partial charge in [-0.15, -0.1) is 0 Å². The lowest BCUT2D eigenvalue weighted by molar-refractivity contribution is 0.670. The molecule has 0 rings (SSSR count). The second-order valence-electron chi connectivity index (χ2n) is 2.05. The molecule has 1 unspecified atom stereocenters. The highest BCUT2D eigenvalue weighted by atomic mass is 32.1. The molecular weight excluding hydrogens is 118 g/mol. The van der Waals surface area contributed by atoms with E-state index in [0.29, 0.717) is 5.25 Å². The topological polar surface area (TPSA) is 12.0 Å². The van der Waals surface area contributed by atoms with E-state index in [9.17, 15) is 0 Å². The zero-order valence-corrected chi connectivity index (χ0v) is 6.54. The minimum atomic E-state index is 0.488. The SMILES string of the molecule is CCCNCC(C)S. The Hall–Kier alpha value is 0.310. The lowest BCUT2D eigenvalue weighted by Gasteiger charge is -2.03. The highest BCUT2D eigenvalue weighted by Crippen LogP contribution is 1.87. The molecule has 0 spiro atoms. The maximum absolute atomic E-state index is 4.21. The standard InChI is InChI=1S/C6H15NS/c1-3-4-7-5-6(2)8/h6-8H,3-5H2,1-2H3. The summed E-state index contributed by atoms with van der Waals surface area (Å²) in [5, 5.41) is 3.75. The minimum Gasteiger partial charge on any atom is -0.316 e. The van der Waals surface area contributed by atoms with Gasteiger partial charge in [-0.3, -0.25) is 0 Å². The van der Waals surface area contributed by atoms with Crippen molar-refractivity contribution in [1.29, 1.82) is 0 Å². The molecular formula is C6H15NS. The molecule has 0 aromatic heterocycles. The molecule has 50 valence electrons. The summed E-state index contributed by atoms with van der Waals surface area (Å²) < 4.78 is 0. The molecule has 0 bridgehead atoms. The third-order valence-electron chi connectivity index (χ3n) is 0.867. The van der Waals surface area contributed by atoms with E-state index in [1.807, 2.05) is 0 Å². The first-order chi connectivity index (χ1) is 3.77. The molecule has 0 amide bonds. The Labute approximate surface area is 57.3 Å². The Kier molecular flexibility index (Phi) is 5.66. The van der Waals surface area contributed by atoms with Crippen LogP contribution in [0.1, 0.15) is 20.3 Å². The van der Waals surface area contributed by atoms with Crippen LogP contribution in [0.2, 0.25) is 0 Å². The molecule has 0 saturated carbocycles. The van der Waals surface area contributed by atoms with E-state index in [2.05, 4.69) is 31.8 Å². The molecule has 1 nitrogen and oxygen atoms in total. The van der Waals surface area contributed by atoms with Gasteiger partial charge in [-0.05, 0) is 13.0 Å². The van der Waals surface area contributed by atoms with Crippen molar-refractivity contribution < 1.29 is 0 Å². The zero-order valence-electron chi connectivity index (χ0n) is 5.65. The maximum atomic E-state index is 4.21. The first kappa shape index (κ1) is 8.31. The summed E-state index contributed by atoms with van der Waals surface area (Å²) in [6, 6.07) is 0. The maximum Gasteiger partial charge on any atom is 0.0113 e. The Bertz CT molecular complexity index is 45.8. The summed E-state index contributed by atoms with van der Waals surface area (Å²) in [6.45, 7) is 6.39. The average molecular weight is 133 g/mol. The van der Waals surface area contributed by atoms with Crippen LogP contribution in [0.15, 0.2) is 0 Å². The largest absolute Gasteiger partial charge is 0.316 e. The van der Waals surface area contributed by atoms with Gasteiger partial charge < -0.3 is 5.32 Å². The van der Waals surface area contributed by atoms with Gasteiger partial charge in [-0.2, -0.15) is 12.6 Å². The van der Waals surface area contributed by atoms with Gasteiger partial charge in [0.25, 0.3) is 0 Å². The fourth-order valence-corrected chi connectivity index (χ4v) is 0.617. The molecule has 0 aliphatic heterocycles. The van der Waals surface area contributed by atoms with Gasteiger partial charge in [0.15, 0.2) is 0 Å². The molecule has 1 N–H and O–H groups in total. The predicted molar refractivity (Wildman–Crippen MR) is 41.6 cm³/mol. The van der Waals surface area contributed by atoms with Crippen LogP contribution in [0.3, 0.4) is 0 Å². The van der Waals surface area contributed by atoms with Crippen molar-refractivity contribution in [1.82, 2.24) is 5.32 Å². The van der Waals surface area contributed by atoms with Crippen LogP contribution in [0.5, 0.6) is 0 Å². The van der Waals surface area contributed by atoms with Gasteiger partial charge in [0.2, 0.25) is 0 Å². The van der Waals surface area contributed by atoms with Crippen LogP contribution in [0, 0.1) is 0 Å². The highest BCUT2D eigenvalue weighted by Gasteiger charge is 1.89. The van der Waals surface area contributed by atoms with E-state index in [-0.39, 0.29) is 0 Å². The summed E-state index contributed by atoms with van der Waals surface area (Å²) in [5.41, 5.74) is 0. The third kappa shape index (κ3) is 6.31. The fraction of sp³-hybridized carbons (Fsp3) is 1.00. The van der Waals surface area contributed by atoms with E-state index in [1.54, 1.807) is 0 Å². The molecule has 8 heavy (non-hydrogen) atoms. The lowest BCUT2D eigenvalue weighted by atomic mass is 10.4. The summed E-state index contributed by atoms with van der Waals surface area (Å²) in [7, 11) is 0. The number of thiol groups is 1. The van der Waals surface area contributed by atoms with E-state index < -0.39 is 0 Å². The van der Waals surface area contributed by atoms with Gasteiger partial charge in [-0.1, -0.05) is 13.8 Å². The first-order valence-corrected chi connectivity index (χ1v) is 3.67. The molecule has 0 fully saturated rings. The third-order valence-corrected chi connectivity index (χ3v) is 1.05. The van der Waals surface area contributed by atoms with Crippen molar-refractivity contribution in [2.24, 2.45) is 0 Å². The van der Waals surface area contributed by atoms with Crippen molar-refractivity contribution in [3.05, 3.63) is 0 Å². The summed E-state index contributed by atoms with van der Waals surface area (Å²) >= 11 is 4.21. The van der Waals surface area contributed by atoms with Crippen molar-refractivity contribution in [2.45, 2.75) is 25.5 Å². The van der Waals surface area contributed by atoms with Crippen molar-refractivity contribution in [2.75, 3.05) is 13.1 Å². The average Bonchev–Trinajstić information content (AvgIpc) is 1.66. The van der Waals surface area contributed by atoms with Gasteiger partial charge >= 0.3 is 0 Å².